The van der Waals surface area contributed by atoms with Crippen LogP contribution in [0.4, 0.5) is 18.9 Å². The molecule has 0 aliphatic carbocycles. The molecule has 0 unspecified atom stereocenters. The molecule has 0 aromatic heterocycles. The second-order valence-corrected chi connectivity index (χ2v) is 3.42. The molecule has 1 rings (SSSR count). The van der Waals surface area contributed by atoms with Gasteiger partial charge in [-0.15, -0.1) is 0 Å². The van der Waals surface area contributed by atoms with E-state index in [0.29, 0.717) is 0 Å². The molecule has 0 heterocycles. The van der Waals surface area contributed by atoms with Crippen molar-refractivity contribution in [2.45, 2.75) is 6.18 Å². The smallest absolute Gasteiger partial charge is 0.398 e. The van der Waals surface area contributed by atoms with Gasteiger partial charge < -0.3 is 5.73 Å². The SMILES string of the molecule is Nc1ccc(C(=O)CBr)cc1C(F)(F)F. The molecule has 0 radical (unpaired) electrons. The summed E-state index contributed by atoms with van der Waals surface area (Å²) >= 11 is 2.88. The van der Waals surface area contributed by atoms with E-state index in [2.05, 4.69) is 15.9 Å². The normalized spacial score (nSPS) is 11.5. The molecule has 15 heavy (non-hydrogen) atoms. The summed E-state index contributed by atoms with van der Waals surface area (Å²) in [5, 5.41) is -0.0196. The van der Waals surface area contributed by atoms with Gasteiger partial charge in [-0.2, -0.15) is 13.2 Å². The van der Waals surface area contributed by atoms with Gasteiger partial charge in [0.05, 0.1) is 10.9 Å². The molecule has 82 valence electrons. The zero-order chi connectivity index (χ0) is 11.6. The minimum Gasteiger partial charge on any atom is -0.398 e. The van der Waals surface area contributed by atoms with Crippen molar-refractivity contribution in [3.8, 4) is 0 Å². The highest BCUT2D eigenvalue weighted by Crippen LogP contribution is 2.34. The van der Waals surface area contributed by atoms with Gasteiger partial charge in [0.25, 0.3) is 0 Å². The molecule has 0 saturated carbocycles. The van der Waals surface area contributed by atoms with Gasteiger partial charge in [-0.05, 0) is 18.2 Å². The van der Waals surface area contributed by atoms with Gasteiger partial charge in [0.15, 0.2) is 5.78 Å². The molecule has 0 fully saturated rings. The average molecular weight is 282 g/mol. The Morgan fingerprint density at radius 1 is 1.40 bits per heavy atom. The number of carbonyl (C=O) groups is 1. The van der Waals surface area contributed by atoms with E-state index in [0.717, 1.165) is 12.1 Å². The number of alkyl halides is 4. The average Bonchev–Trinajstić information content (AvgIpc) is 2.15. The number of hydrogen-bond acceptors (Lipinski definition) is 2. The van der Waals surface area contributed by atoms with Crippen molar-refractivity contribution in [3.05, 3.63) is 29.3 Å². The van der Waals surface area contributed by atoms with Gasteiger partial charge in [0.1, 0.15) is 0 Å². The second kappa shape index (κ2) is 4.22. The third-order valence-electron chi connectivity index (χ3n) is 1.80. The van der Waals surface area contributed by atoms with E-state index in [1.165, 1.54) is 6.07 Å². The number of rotatable bonds is 2. The van der Waals surface area contributed by atoms with Gasteiger partial charge in [0.2, 0.25) is 0 Å². The molecular weight excluding hydrogens is 275 g/mol. The monoisotopic (exact) mass is 281 g/mol. The second-order valence-electron chi connectivity index (χ2n) is 2.86. The molecule has 2 N–H and O–H groups in total. The van der Waals surface area contributed by atoms with Crippen molar-refractivity contribution in [2.75, 3.05) is 11.1 Å². The van der Waals surface area contributed by atoms with Gasteiger partial charge >= 0.3 is 6.18 Å². The van der Waals surface area contributed by atoms with E-state index in [9.17, 15) is 18.0 Å². The van der Waals surface area contributed by atoms with Crippen LogP contribution in [-0.4, -0.2) is 11.1 Å². The Morgan fingerprint density at radius 3 is 2.47 bits per heavy atom. The number of benzene rings is 1. The number of nitrogen functional groups attached to an aromatic ring is 1. The summed E-state index contributed by atoms with van der Waals surface area (Å²) in [6.45, 7) is 0. The van der Waals surface area contributed by atoms with Crippen LogP contribution >= 0.6 is 15.9 Å². The summed E-state index contributed by atoms with van der Waals surface area (Å²) in [7, 11) is 0. The maximum absolute atomic E-state index is 12.4. The molecule has 0 aliphatic rings. The standard InChI is InChI=1S/C9H7BrF3NO/c10-4-8(15)5-1-2-7(14)6(3-5)9(11,12)13/h1-3H,4,14H2. The van der Waals surface area contributed by atoms with Crippen LogP contribution in [0.25, 0.3) is 0 Å². The fourth-order valence-electron chi connectivity index (χ4n) is 1.05. The molecule has 1 aromatic rings. The number of Topliss-reactive ketones (excluding diaryl/α,β-unsaturated/α-hetero) is 1. The fourth-order valence-corrected chi connectivity index (χ4v) is 1.38. The lowest BCUT2D eigenvalue weighted by Gasteiger charge is -2.10. The summed E-state index contributed by atoms with van der Waals surface area (Å²) in [5.41, 5.74) is 3.81. The van der Waals surface area contributed by atoms with Crippen molar-refractivity contribution >= 4 is 27.4 Å². The number of carbonyl (C=O) groups excluding carboxylic acids is 1. The number of hydrogen-bond donors (Lipinski definition) is 1. The highest BCUT2D eigenvalue weighted by atomic mass is 79.9. The molecule has 0 atom stereocenters. The highest BCUT2D eigenvalue weighted by molar-refractivity contribution is 9.09. The summed E-state index contributed by atoms with van der Waals surface area (Å²) in [6.07, 6.45) is -4.54. The van der Waals surface area contributed by atoms with Crippen molar-refractivity contribution < 1.29 is 18.0 Å². The molecule has 2 nitrogen and oxygen atoms in total. The summed E-state index contributed by atoms with van der Waals surface area (Å²) in [5.74, 6) is -0.416. The number of anilines is 1. The quantitative estimate of drug-likeness (QED) is 0.515. The Kier molecular flexibility index (Phi) is 3.38. The van der Waals surface area contributed by atoms with Crippen LogP contribution in [0.5, 0.6) is 0 Å². The fraction of sp³-hybridized carbons (Fsp3) is 0.222. The molecule has 0 bridgehead atoms. The van der Waals surface area contributed by atoms with Crippen molar-refractivity contribution in [1.82, 2.24) is 0 Å². The predicted molar refractivity (Wildman–Crippen MR) is 54.0 cm³/mol. The van der Waals surface area contributed by atoms with E-state index in [1.54, 1.807) is 0 Å². The first-order valence-electron chi connectivity index (χ1n) is 3.92. The summed E-state index contributed by atoms with van der Waals surface area (Å²) in [4.78, 5) is 11.1. The van der Waals surface area contributed by atoms with E-state index >= 15 is 0 Å². The Balaban J connectivity index is 3.23. The van der Waals surface area contributed by atoms with Crippen molar-refractivity contribution in [2.24, 2.45) is 0 Å². The van der Waals surface area contributed by atoms with Crippen LogP contribution in [0.15, 0.2) is 18.2 Å². The van der Waals surface area contributed by atoms with Crippen LogP contribution in [-0.2, 0) is 6.18 Å². The topological polar surface area (TPSA) is 43.1 Å². The number of halogens is 4. The van der Waals surface area contributed by atoms with E-state index in [-0.39, 0.29) is 16.6 Å². The number of ketones is 1. The largest absolute Gasteiger partial charge is 0.418 e. The van der Waals surface area contributed by atoms with Crippen molar-refractivity contribution in [1.29, 1.82) is 0 Å². The summed E-state index contributed by atoms with van der Waals surface area (Å²) in [6, 6.07) is 3.12. The van der Waals surface area contributed by atoms with E-state index in [1.807, 2.05) is 0 Å². The first kappa shape index (κ1) is 12.0. The van der Waals surface area contributed by atoms with Gasteiger partial charge in [-0.3, -0.25) is 4.79 Å². The van der Waals surface area contributed by atoms with Gasteiger partial charge in [-0.1, -0.05) is 15.9 Å². The Labute approximate surface area is 92.4 Å². The molecule has 6 heteroatoms. The molecule has 0 saturated heterocycles. The lowest BCUT2D eigenvalue weighted by atomic mass is 10.1. The van der Waals surface area contributed by atoms with Crippen LogP contribution in [0, 0.1) is 0 Å². The van der Waals surface area contributed by atoms with E-state index < -0.39 is 17.5 Å². The van der Waals surface area contributed by atoms with Crippen LogP contribution in [0.3, 0.4) is 0 Å². The van der Waals surface area contributed by atoms with Gasteiger partial charge in [-0.25, -0.2) is 0 Å². The first-order chi connectivity index (χ1) is 6.86. The maximum Gasteiger partial charge on any atom is 0.418 e. The van der Waals surface area contributed by atoms with Gasteiger partial charge in [0, 0.05) is 11.3 Å². The lowest BCUT2D eigenvalue weighted by Crippen LogP contribution is -2.11. The Morgan fingerprint density at radius 2 is 2.00 bits per heavy atom. The molecule has 0 amide bonds. The van der Waals surface area contributed by atoms with Crippen molar-refractivity contribution in [3.63, 3.8) is 0 Å². The van der Waals surface area contributed by atoms with Crippen LogP contribution < -0.4 is 5.73 Å². The first-order valence-corrected chi connectivity index (χ1v) is 5.04. The predicted octanol–water partition coefficient (Wildman–Crippen LogP) is 2.87. The van der Waals surface area contributed by atoms with E-state index in [4.69, 9.17) is 5.73 Å². The molecule has 0 aliphatic heterocycles. The lowest BCUT2D eigenvalue weighted by molar-refractivity contribution is -0.136. The third-order valence-corrected chi connectivity index (χ3v) is 2.31. The zero-order valence-electron chi connectivity index (χ0n) is 7.44. The van der Waals surface area contributed by atoms with Crippen LogP contribution in [0.1, 0.15) is 15.9 Å². The molecule has 1 aromatic carbocycles. The zero-order valence-corrected chi connectivity index (χ0v) is 9.02. The minimum absolute atomic E-state index is 0.00611. The van der Waals surface area contributed by atoms with Crippen LogP contribution in [0.2, 0.25) is 0 Å². The Hall–Kier alpha value is -1.04. The summed E-state index contributed by atoms with van der Waals surface area (Å²) < 4.78 is 37.2. The molecule has 0 spiro atoms. The highest BCUT2D eigenvalue weighted by Gasteiger charge is 2.33. The Bertz CT molecular complexity index is 389. The maximum atomic E-state index is 12.4. The minimum atomic E-state index is -4.54. The molecular formula is C9H7BrF3NO. The third kappa shape index (κ3) is 2.71. The number of nitrogens with two attached hydrogens (primary N) is 1.